The van der Waals surface area contributed by atoms with Gasteiger partial charge >= 0.3 is 6.03 Å². The molecule has 0 atom stereocenters. The van der Waals surface area contributed by atoms with E-state index in [-0.39, 0.29) is 0 Å². The lowest BCUT2D eigenvalue weighted by atomic mass is 10.1. The molecule has 0 bridgehead atoms. The largest absolute Gasteiger partial charge is 0.324 e. The molecule has 0 aliphatic rings. The summed E-state index contributed by atoms with van der Waals surface area (Å²) in [6, 6.07) is 15.7. The van der Waals surface area contributed by atoms with E-state index in [2.05, 4.69) is 20.7 Å². The number of aryl methyl sites for hydroxylation is 1. The van der Waals surface area contributed by atoms with Crippen LogP contribution in [0.3, 0.4) is 0 Å². The zero-order chi connectivity index (χ0) is 22.8. The van der Waals surface area contributed by atoms with E-state index in [9.17, 15) is 4.79 Å². The highest BCUT2D eigenvalue weighted by atomic mass is 35.5. The van der Waals surface area contributed by atoms with Crippen molar-refractivity contribution in [1.29, 1.82) is 0 Å². The molecule has 0 saturated heterocycles. The number of carbonyl (C=O) groups is 1. The quantitative estimate of drug-likeness (QED) is 0.321. The second-order valence-electron chi connectivity index (χ2n) is 7.10. The van der Waals surface area contributed by atoms with E-state index in [4.69, 9.17) is 34.8 Å². The minimum absolute atomic E-state index is 0.388. The third kappa shape index (κ3) is 4.72. The number of hydrogen-bond acceptors (Lipinski definition) is 3. The van der Waals surface area contributed by atoms with Crippen molar-refractivity contribution in [2.75, 3.05) is 10.6 Å². The SMILES string of the molecule is Cc1ccc(NC(=O)Nc2nn(-c3ccc(Cl)cc3Cl)c(-c3ccc(Cl)cc3)c2C)cn1. The number of rotatable bonds is 4. The lowest BCUT2D eigenvalue weighted by Crippen LogP contribution is -2.20. The van der Waals surface area contributed by atoms with Gasteiger partial charge in [-0.1, -0.05) is 46.9 Å². The van der Waals surface area contributed by atoms with Gasteiger partial charge in [-0.2, -0.15) is 0 Å². The van der Waals surface area contributed by atoms with Crippen molar-refractivity contribution in [3.05, 3.63) is 87.1 Å². The van der Waals surface area contributed by atoms with Gasteiger partial charge in [0.1, 0.15) is 0 Å². The summed E-state index contributed by atoms with van der Waals surface area (Å²) in [5, 5.41) is 11.8. The van der Waals surface area contributed by atoms with Gasteiger partial charge in [0.15, 0.2) is 5.82 Å². The van der Waals surface area contributed by atoms with E-state index >= 15 is 0 Å². The van der Waals surface area contributed by atoms with E-state index in [1.807, 2.05) is 32.0 Å². The lowest BCUT2D eigenvalue weighted by molar-refractivity contribution is 0.262. The monoisotopic (exact) mass is 485 g/mol. The van der Waals surface area contributed by atoms with Gasteiger partial charge in [-0.05, 0) is 56.3 Å². The van der Waals surface area contributed by atoms with Gasteiger partial charge in [-0.15, -0.1) is 5.10 Å². The van der Waals surface area contributed by atoms with E-state index in [0.717, 1.165) is 22.5 Å². The molecular formula is C23H18Cl3N5O. The standard InChI is InChI=1S/C23H18Cl3N5O/c1-13-3-9-18(12-27-13)28-23(32)29-22-14(2)21(15-4-6-16(24)7-5-15)31(30-22)20-10-8-17(25)11-19(20)26/h3-12H,1-2H3,(H2,28,29,30,32). The van der Waals surface area contributed by atoms with Crippen LogP contribution in [0.25, 0.3) is 16.9 Å². The van der Waals surface area contributed by atoms with Crippen LogP contribution in [0.5, 0.6) is 0 Å². The highest BCUT2D eigenvalue weighted by Gasteiger charge is 2.20. The number of carbonyl (C=O) groups excluding carboxylic acids is 1. The molecule has 2 heterocycles. The number of nitrogens with one attached hydrogen (secondary N) is 2. The van der Waals surface area contributed by atoms with Crippen LogP contribution in [0.15, 0.2) is 60.8 Å². The molecule has 9 heteroatoms. The van der Waals surface area contributed by atoms with Crippen LogP contribution in [0.1, 0.15) is 11.3 Å². The number of nitrogens with zero attached hydrogens (tertiary/aromatic N) is 3. The summed E-state index contributed by atoms with van der Waals surface area (Å²) in [4.78, 5) is 16.8. The third-order valence-electron chi connectivity index (χ3n) is 4.78. The second-order valence-corrected chi connectivity index (χ2v) is 8.38. The first-order valence-corrected chi connectivity index (χ1v) is 10.8. The fourth-order valence-corrected chi connectivity index (χ4v) is 3.81. The van der Waals surface area contributed by atoms with Crippen molar-refractivity contribution in [2.45, 2.75) is 13.8 Å². The first-order valence-electron chi connectivity index (χ1n) is 9.63. The van der Waals surface area contributed by atoms with Crippen LogP contribution in [0.4, 0.5) is 16.3 Å². The summed E-state index contributed by atoms with van der Waals surface area (Å²) in [6.07, 6.45) is 1.59. The van der Waals surface area contributed by atoms with E-state index < -0.39 is 6.03 Å². The first kappa shape index (κ1) is 22.1. The number of pyridine rings is 1. The maximum Gasteiger partial charge on any atom is 0.324 e. The molecular weight excluding hydrogens is 469 g/mol. The van der Waals surface area contributed by atoms with Crippen LogP contribution in [-0.4, -0.2) is 20.8 Å². The van der Waals surface area contributed by atoms with Gasteiger partial charge in [0.2, 0.25) is 0 Å². The van der Waals surface area contributed by atoms with Crippen LogP contribution < -0.4 is 10.6 Å². The molecule has 2 amide bonds. The highest BCUT2D eigenvalue weighted by molar-refractivity contribution is 6.35. The Labute approximate surface area is 200 Å². The van der Waals surface area contributed by atoms with Crippen molar-refractivity contribution in [3.8, 4) is 16.9 Å². The van der Waals surface area contributed by atoms with Crippen molar-refractivity contribution in [3.63, 3.8) is 0 Å². The molecule has 0 aliphatic heterocycles. The minimum Gasteiger partial charge on any atom is -0.306 e. The maximum atomic E-state index is 12.6. The topological polar surface area (TPSA) is 71.8 Å². The smallest absolute Gasteiger partial charge is 0.306 e. The number of urea groups is 1. The normalized spacial score (nSPS) is 10.8. The molecule has 0 radical (unpaired) electrons. The van der Waals surface area contributed by atoms with Gasteiger partial charge in [0.05, 0.1) is 28.3 Å². The number of benzene rings is 2. The van der Waals surface area contributed by atoms with Crippen molar-refractivity contribution in [2.24, 2.45) is 0 Å². The summed E-state index contributed by atoms with van der Waals surface area (Å²) in [5.74, 6) is 0.388. The molecule has 0 saturated carbocycles. The maximum absolute atomic E-state index is 12.6. The molecule has 4 aromatic rings. The van der Waals surface area contributed by atoms with Crippen LogP contribution in [0.2, 0.25) is 15.1 Å². The number of amides is 2. The molecule has 0 aliphatic carbocycles. The Kier molecular flexibility index (Phi) is 6.37. The zero-order valence-corrected chi connectivity index (χ0v) is 19.4. The molecule has 162 valence electrons. The van der Waals surface area contributed by atoms with Gasteiger partial charge in [0, 0.05) is 26.9 Å². The summed E-state index contributed by atoms with van der Waals surface area (Å²) in [7, 11) is 0. The Morgan fingerprint density at radius 2 is 1.62 bits per heavy atom. The second kappa shape index (κ2) is 9.20. The van der Waals surface area contributed by atoms with Gasteiger partial charge in [0.25, 0.3) is 0 Å². The number of aromatic nitrogens is 3. The Morgan fingerprint density at radius 3 is 2.28 bits per heavy atom. The molecule has 4 rings (SSSR count). The van der Waals surface area contributed by atoms with Crippen molar-refractivity contribution in [1.82, 2.24) is 14.8 Å². The van der Waals surface area contributed by atoms with E-state index in [1.54, 1.807) is 47.3 Å². The zero-order valence-electron chi connectivity index (χ0n) is 17.2. The first-order chi connectivity index (χ1) is 15.3. The fraction of sp³-hybridized carbons (Fsp3) is 0.0870. The molecule has 0 unspecified atom stereocenters. The number of anilines is 2. The lowest BCUT2D eigenvalue weighted by Gasteiger charge is -2.10. The van der Waals surface area contributed by atoms with E-state index in [1.165, 1.54) is 0 Å². The van der Waals surface area contributed by atoms with E-state index in [0.29, 0.717) is 32.3 Å². The third-order valence-corrected chi connectivity index (χ3v) is 5.57. The van der Waals surface area contributed by atoms with Gasteiger partial charge < -0.3 is 5.32 Å². The Balaban J connectivity index is 1.74. The van der Waals surface area contributed by atoms with Gasteiger partial charge in [-0.25, -0.2) is 9.48 Å². The fourth-order valence-electron chi connectivity index (χ4n) is 3.20. The summed E-state index contributed by atoms with van der Waals surface area (Å²) >= 11 is 18.6. The Hall–Kier alpha value is -3.06. The molecule has 0 spiro atoms. The number of halogens is 3. The van der Waals surface area contributed by atoms with Crippen LogP contribution in [-0.2, 0) is 0 Å². The summed E-state index contributed by atoms with van der Waals surface area (Å²) in [6.45, 7) is 3.75. The van der Waals surface area contributed by atoms with Crippen molar-refractivity contribution >= 4 is 52.3 Å². The van der Waals surface area contributed by atoms with Gasteiger partial charge in [-0.3, -0.25) is 10.3 Å². The summed E-state index contributed by atoms with van der Waals surface area (Å²) < 4.78 is 1.68. The van der Waals surface area contributed by atoms with Crippen LogP contribution in [0, 0.1) is 13.8 Å². The summed E-state index contributed by atoms with van der Waals surface area (Å²) in [5.41, 5.74) is 4.44. The minimum atomic E-state index is -0.437. The molecule has 32 heavy (non-hydrogen) atoms. The molecule has 2 aromatic carbocycles. The molecule has 2 N–H and O–H groups in total. The molecule has 0 fully saturated rings. The average Bonchev–Trinajstić information content (AvgIpc) is 3.06. The Bertz CT molecular complexity index is 1280. The Morgan fingerprint density at radius 1 is 0.906 bits per heavy atom. The predicted molar refractivity (Wildman–Crippen MR) is 130 cm³/mol. The average molecular weight is 487 g/mol. The molecule has 6 nitrogen and oxygen atoms in total. The van der Waals surface area contributed by atoms with Crippen LogP contribution >= 0.6 is 34.8 Å². The van der Waals surface area contributed by atoms with Crippen molar-refractivity contribution < 1.29 is 4.79 Å². The molecule has 2 aromatic heterocycles. The number of hydrogen-bond donors (Lipinski definition) is 2. The highest BCUT2D eigenvalue weighted by Crippen LogP contribution is 2.34. The predicted octanol–water partition coefficient (Wildman–Crippen LogP) is 7.16.